The van der Waals surface area contributed by atoms with Gasteiger partial charge in [0.25, 0.3) is 0 Å². The molecule has 14 heavy (non-hydrogen) atoms. The van der Waals surface area contributed by atoms with E-state index in [0.717, 1.165) is 19.3 Å². The van der Waals surface area contributed by atoms with Gasteiger partial charge in [0.1, 0.15) is 6.23 Å². The van der Waals surface area contributed by atoms with E-state index in [2.05, 4.69) is 0 Å². The van der Waals surface area contributed by atoms with Gasteiger partial charge in [0.2, 0.25) is 0 Å². The highest BCUT2D eigenvalue weighted by atomic mass is 16.6. The molecule has 4 heteroatoms. The fourth-order valence-electron chi connectivity index (χ4n) is 1.88. The highest BCUT2D eigenvalue weighted by molar-refractivity contribution is 5.68. The van der Waals surface area contributed by atoms with Crippen LogP contribution in [0.4, 0.5) is 4.79 Å². The number of hydrogen-bond acceptors (Lipinski definition) is 3. The second kappa shape index (κ2) is 5.20. The first-order valence-electron chi connectivity index (χ1n) is 5.18. The molecule has 0 saturated carbocycles. The van der Waals surface area contributed by atoms with Crippen LogP contribution in [-0.4, -0.2) is 37.0 Å². The number of amides is 1. The first-order valence-corrected chi connectivity index (χ1v) is 5.18. The molecule has 4 nitrogen and oxygen atoms in total. The van der Waals surface area contributed by atoms with Gasteiger partial charge in [0, 0.05) is 13.2 Å². The van der Waals surface area contributed by atoms with Crippen molar-refractivity contribution < 1.29 is 14.3 Å². The molecular formula is C10H19NO3. The van der Waals surface area contributed by atoms with Crippen LogP contribution in [0, 0.1) is 0 Å². The summed E-state index contributed by atoms with van der Waals surface area (Å²) in [6.45, 7) is 4.26. The second-order valence-electron chi connectivity index (χ2n) is 3.58. The Bertz CT molecular complexity index is 196. The summed E-state index contributed by atoms with van der Waals surface area (Å²) in [5.74, 6) is 0. The van der Waals surface area contributed by atoms with Crippen molar-refractivity contribution in [3.8, 4) is 0 Å². The highest BCUT2D eigenvalue weighted by Gasteiger charge is 2.32. The quantitative estimate of drug-likeness (QED) is 0.685. The Kier molecular flexibility index (Phi) is 4.20. The zero-order valence-corrected chi connectivity index (χ0v) is 9.16. The number of piperidine rings is 1. The van der Waals surface area contributed by atoms with E-state index in [4.69, 9.17) is 9.47 Å². The molecule has 1 aliphatic heterocycles. The SMILES string of the molecule is CCOC(=O)N1C(C)CCCC1OC. The monoisotopic (exact) mass is 201 g/mol. The minimum atomic E-state index is -0.258. The van der Waals surface area contributed by atoms with Gasteiger partial charge in [-0.05, 0) is 33.1 Å². The van der Waals surface area contributed by atoms with Crippen molar-refractivity contribution in [2.24, 2.45) is 0 Å². The Labute approximate surface area is 85.2 Å². The maximum Gasteiger partial charge on any atom is 0.412 e. The molecule has 1 heterocycles. The van der Waals surface area contributed by atoms with Crippen LogP contribution >= 0.6 is 0 Å². The van der Waals surface area contributed by atoms with E-state index >= 15 is 0 Å². The van der Waals surface area contributed by atoms with Gasteiger partial charge < -0.3 is 9.47 Å². The zero-order valence-electron chi connectivity index (χ0n) is 9.16. The molecule has 0 aliphatic carbocycles. The normalized spacial score (nSPS) is 27.5. The first-order chi connectivity index (χ1) is 6.70. The molecule has 2 unspecified atom stereocenters. The lowest BCUT2D eigenvalue weighted by molar-refractivity contribution is -0.0679. The number of hydrogen-bond donors (Lipinski definition) is 0. The van der Waals surface area contributed by atoms with Gasteiger partial charge in [-0.1, -0.05) is 0 Å². The van der Waals surface area contributed by atoms with E-state index in [1.807, 2.05) is 13.8 Å². The molecule has 1 fully saturated rings. The molecule has 2 atom stereocenters. The number of rotatable bonds is 2. The van der Waals surface area contributed by atoms with Crippen molar-refractivity contribution in [2.75, 3.05) is 13.7 Å². The van der Waals surface area contributed by atoms with Crippen molar-refractivity contribution in [1.82, 2.24) is 4.90 Å². The van der Waals surface area contributed by atoms with Crippen molar-refractivity contribution in [2.45, 2.75) is 45.4 Å². The van der Waals surface area contributed by atoms with Crippen LogP contribution in [0.1, 0.15) is 33.1 Å². The summed E-state index contributed by atoms with van der Waals surface area (Å²) in [6, 6.07) is 0.216. The number of carbonyl (C=O) groups excluding carboxylic acids is 1. The molecular weight excluding hydrogens is 182 g/mol. The van der Waals surface area contributed by atoms with Gasteiger partial charge in [0.15, 0.2) is 0 Å². The van der Waals surface area contributed by atoms with Crippen molar-refractivity contribution in [3.05, 3.63) is 0 Å². The summed E-state index contributed by atoms with van der Waals surface area (Å²) in [6.07, 6.45) is 2.66. The minimum absolute atomic E-state index is 0.113. The van der Waals surface area contributed by atoms with Crippen LogP contribution in [-0.2, 0) is 9.47 Å². The summed E-state index contributed by atoms with van der Waals surface area (Å²) >= 11 is 0. The average Bonchev–Trinajstić information content (AvgIpc) is 2.17. The van der Waals surface area contributed by atoms with Gasteiger partial charge in [-0.25, -0.2) is 4.79 Å². The van der Waals surface area contributed by atoms with Gasteiger partial charge >= 0.3 is 6.09 Å². The van der Waals surface area contributed by atoms with Crippen LogP contribution in [0.2, 0.25) is 0 Å². The van der Waals surface area contributed by atoms with Gasteiger partial charge in [0.05, 0.1) is 6.61 Å². The lowest BCUT2D eigenvalue weighted by atomic mass is 10.0. The third kappa shape index (κ3) is 2.38. The Balaban J connectivity index is 2.63. The van der Waals surface area contributed by atoms with E-state index in [0.29, 0.717) is 6.61 Å². The highest BCUT2D eigenvalue weighted by Crippen LogP contribution is 2.23. The molecule has 1 amide bonds. The largest absolute Gasteiger partial charge is 0.450 e. The van der Waals surface area contributed by atoms with Crippen molar-refractivity contribution >= 4 is 6.09 Å². The molecule has 1 aliphatic rings. The minimum Gasteiger partial charge on any atom is -0.450 e. The molecule has 0 bridgehead atoms. The van der Waals surface area contributed by atoms with E-state index in [9.17, 15) is 4.79 Å². The molecule has 0 N–H and O–H groups in total. The summed E-state index contributed by atoms with van der Waals surface area (Å²) < 4.78 is 10.3. The fourth-order valence-corrected chi connectivity index (χ4v) is 1.88. The van der Waals surface area contributed by atoms with Crippen LogP contribution < -0.4 is 0 Å². The topological polar surface area (TPSA) is 38.8 Å². The smallest absolute Gasteiger partial charge is 0.412 e. The number of methoxy groups -OCH3 is 1. The third-order valence-corrected chi connectivity index (χ3v) is 2.61. The molecule has 1 rings (SSSR count). The first kappa shape index (κ1) is 11.3. The van der Waals surface area contributed by atoms with Crippen LogP contribution in [0.3, 0.4) is 0 Å². The number of likely N-dealkylation sites (tertiary alicyclic amines) is 1. The Morgan fingerprint density at radius 3 is 2.79 bits per heavy atom. The Morgan fingerprint density at radius 1 is 1.50 bits per heavy atom. The van der Waals surface area contributed by atoms with Crippen LogP contribution in [0.5, 0.6) is 0 Å². The summed E-state index contributed by atoms with van der Waals surface area (Å²) in [5.41, 5.74) is 0. The molecule has 1 saturated heterocycles. The summed E-state index contributed by atoms with van der Waals surface area (Å²) in [4.78, 5) is 13.3. The maximum atomic E-state index is 11.6. The second-order valence-corrected chi connectivity index (χ2v) is 3.58. The zero-order chi connectivity index (χ0) is 10.6. The predicted molar refractivity (Wildman–Crippen MR) is 53.0 cm³/mol. The van der Waals surface area contributed by atoms with Crippen LogP contribution in [0.25, 0.3) is 0 Å². The number of carbonyl (C=O) groups is 1. The summed E-state index contributed by atoms with van der Waals surface area (Å²) in [5, 5.41) is 0. The van der Waals surface area contributed by atoms with E-state index in [1.165, 1.54) is 0 Å². The molecule has 0 aromatic rings. The van der Waals surface area contributed by atoms with Crippen LogP contribution in [0.15, 0.2) is 0 Å². The van der Waals surface area contributed by atoms with Gasteiger partial charge in [-0.3, -0.25) is 4.90 Å². The molecule has 0 spiro atoms. The molecule has 0 aromatic heterocycles. The van der Waals surface area contributed by atoms with E-state index in [-0.39, 0.29) is 18.4 Å². The van der Waals surface area contributed by atoms with Gasteiger partial charge in [-0.15, -0.1) is 0 Å². The average molecular weight is 201 g/mol. The lowest BCUT2D eigenvalue weighted by Crippen LogP contribution is -2.49. The molecule has 82 valence electrons. The van der Waals surface area contributed by atoms with E-state index < -0.39 is 0 Å². The number of ether oxygens (including phenoxy) is 2. The number of nitrogens with zero attached hydrogens (tertiary/aromatic N) is 1. The molecule has 0 aromatic carbocycles. The Morgan fingerprint density at radius 2 is 2.21 bits per heavy atom. The Hall–Kier alpha value is -0.770. The summed E-state index contributed by atoms with van der Waals surface area (Å²) in [7, 11) is 1.63. The standard InChI is InChI=1S/C10H19NO3/c1-4-14-10(12)11-8(2)6-5-7-9(11)13-3/h8-9H,4-7H2,1-3H3. The predicted octanol–water partition coefficient (Wildman–Crippen LogP) is 1.99. The van der Waals surface area contributed by atoms with Gasteiger partial charge in [-0.2, -0.15) is 0 Å². The van der Waals surface area contributed by atoms with E-state index in [1.54, 1.807) is 12.0 Å². The maximum absolute atomic E-state index is 11.6. The molecule has 0 radical (unpaired) electrons. The van der Waals surface area contributed by atoms with Crippen molar-refractivity contribution in [1.29, 1.82) is 0 Å². The lowest BCUT2D eigenvalue weighted by Gasteiger charge is -2.38. The fraction of sp³-hybridized carbons (Fsp3) is 0.900. The third-order valence-electron chi connectivity index (χ3n) is 2.61. The van der Waals surface area contributed by atoms with Crippen molar-refractivity contribution in [3.63, 3.8) is 0 Å².